The first kappa shape index (κ1) is 12.2. The first-order chi connectivity index (χ1) is 9.27. The van der Waals surface area contributed by atoms with E-state index < -0.39 is 0 Å². The quantitative estimate of drug-likeness (QED) is 0.633. The molecular formula is C16H14ClNO. The van der Waals surface area contributed by atoms with Crippen LogP contribution in [0.1, 0.15) is 29.5 Å². The van der Waals surface area contributed by atoms with Gasteiger partial charge in [-0.2, -0.15) is 0 Å². The summed E-state index contributed by atoms with van der Waals surface area (Å²) < 4.78 is 5.55. The van der Waals surface area contributed by atoms with Gasteiger partial charge in [-0.1, -0.05) is 31.2 Å². The molecule has 0 spiro atoms. The van der Waals surface area contributed by atoms with Crippen molar-refractivity contribution in [2.24, 2.45) is 0 Å². The van der Waals surface area contributed by atoms with Crippen LogP contribution in [0.4, 0.5) is 0 Å². The number of hydrogen-bond donors (Lipinski definition) is 0. The monoisotopic (exact) mass is 271 g/mol. The van der Waals surface area contributed by atoms with E-state index in [0.717, 1.165) is 22.2 Å². The molecule has 0 fully saturated rings. The Morgan fingerprint density at radius 1 is 1.11 bits per heavy atom. The number of hydrogen-bond acceptors (Lipinski definition) is 2. The average molecular weight is 272 g/mol. The normalized spacial score (nSPS) is 14.4. The number of furan rings is 1. The van der Waals surface area contributed by atoms with Gasteiger partial charge in [0, 0.05) is 28.8 Å². The van der Waals surface area contributed by atoms with E-state index in [1.165, 1.54) is 0 Å². The maximum absolute atomic E-state index is 6.61. The molecule has 0 N–H and O–H groups in total. The van der Waals surface area contributed by atoms with Gasteiger partial charge < -0.3 is 4.42 Å². The van der Waals surface area contributed by atoms with Crippen molar-refractivity contribution in [2.75, 3.05) is 0 Å². The summed E-state index contributed by atoms with van der Waals surface area (Å²) in [4.78, 5) is 4.37. The largest absolute Gasteiger partial charge is 0.464 e. The molecule has 0 saturated carbocycles. The van der Waals surface area contributed by atoms with Gasteiger partial charge in [0.05, 0.1) is 11.6 Å². The Balaban J connectivity index is 1.98. The highest BCUT2D eigenvalue weighted by Gasteiger charge is 2.22. The third-order valence-corrected chi connectivity index (χ3v) is 4.01. The van der Waals surface area contributed by atoms with Crippen LogP contribution in [0.25, 0.3) is 11.0 Å². The number of aromatic nitrogens is 1. The van der Waals surface area contributed by atoms with Gasteiger partial charge in [0.15, 0.2) is 0 Å². The molecule has 0 aliphatic heterocycles. The Hall–Kier alpha value is -1.80. The van der Waals surface area contributed by atoms with Crippen molar-refractivity contribution in [3.05, 3.63) is 66.2 Å². The lowest BCUT2D eigenvalue weighted by atomic mass is 9.96. The molecule has 96 valence electrons. The summed E-state index contributed by atoms with van der Waals surface area (Å²) in [5.41, 5.74) is 2.89. The molecule has 2 unspecified atom stereocenters. The molecule has 2 atom stereocenters. The topological polar surface area (TPSA) is 26.0 Å². The molecule has 3 rings (SSSR count). The minimum absolute atomic E-state index is 0.129. The smallest absolute Gasteiger partial charge is 0.134 e. The molecule has 3 heteroatoms. The summed E-state index contributed by atoms with van der Waals surface area (Å²) in [5.74, 6) is 0.129. The van der Waals surface area contributed by atoms with Crippen molar-refractivity contribution in [2.45, 2.75) is 18.2 Å². The van der Waals surface area contributed by atoms with E-state index in [-0.39, 0.29) is 11.3 Å². The molecule has 1 aromatic carbocycles. The Morgan fingerprint density at radius 3 is 2.68 bits per heavy atom. The Kier molecular flexibility index (Phi) is 3.26. The van der Waals surface area contributed by atoms with Crippen LogP contribution < -0.4 is 0 Å². The van der Waals surface area contributed by atoms with Gasteiger partial charge in [-0.3, -0.25) is 4.98 Å². The third kappa shape index (κ3) is 2.24. The summed E-state index contributed by atoms with van der Waals surface area (Å²) in [5, 5.41) is 0.920. The predicted octanol–water partition coefficient (Wildman–Crippen LogP) is 4.91. The van der Waals surface area contributed by atoms with E-state index in [2.05, 4.69) is 11.9 Å². The van der Waals surface area contributed by atoms with Gasteiger partial charge in [0.1, 0.15) is 5.58 Å². The molecule has 2 nitrogen and oxygen atoms in total. The minimum Gasteiger partial charge on any atom is -0.464 e. The third-order valence-electron chi connectivity index (χ3n) is 3.40. The standard InChI is InChI=1S/C16H14ClNO/c1-11(14-7-4-5-9-18-14)16(17)13-10-19-15-8-3-2-6-12(13)15/h2-11,16H,1H3. The van der Waals surface area contributed by atoms with Crippen LogP contribution in [0.3, 0.4) is 0 Å². The van der Waals surface area contributed by atoms with Crippen LogP contribution in [0, 0.1) is 0 Å². The van der Waals surface area contributed by atoms with Gasteiger partial charge in [-0.15, -0.1) is 11.6 Å². The number of alkyl halides is 1. The molecule has 0 radical (unpaired) electrons. The second-order valence-electron chi connectivity index (χ2n) is 4.63. The molecule has 0 bridgehead atoms. The Morgan fingerprint density at radius 2 is 1.89 bits per heavy atom. The van der Waals surface area contributed by atoms with E-state index in [0.29, 0.717) is 0 Å². The number of fused-ring (bicyclic) bond motifs is 1. The van der Waals surface area contributed by atoms with Crippen molar-refractivity contribution >= 4 is 22.6 Å². The van der Waals surface area contributed by atoms with E-state index in [1.54, 1.807) is 12.5 Å². The highest BCUT2D eigenvalue weighted by Crippen LogP contribution is 2.39. The van der Waals surface area contributed by atoms with Gasteiger partial charge >= 0.3 is 0 Å². The minimum atomic E-state index is -0.154. The molecule has 3 aromatic rings. The lowest BCUT2D eigenvalue weighted by Gasteiger charge is -2.16. The second-order valence-corrected chi connectivity index (χ2v) is 5.10. The Labute approximate surface area is 117 Å². The van der Waals surface area contributed by atoms with Crippen molar-refractivity contribution in [3.8, 4) is 0 Å². The SMILES string of the molecule is CC(c1ccccn1)C(Cl)c1coc2ccccc12. The molecule has 19 heavy (non-hydrogen) atoms. The molecule has 0 aliphatic carbocycles. The Bertz CT molecular complexity index is 677. The molecular weight excluding hydrogens is 258 g/mol. The predicted molar refractivity (Wildman–Crippen MR) is 77.5 cm³/mol. The van der Waals surface area contributed by atoms with Gasteiger partial charge in [0.2, 0.25) is 0 Å². The number of halogens is 1. The number of para-hydroxylation sites is 1. The first-order valence-corrected chi connectivity index (χ1v) is 6.72. The maximum atomic E-state index is 6.61. The second kappa shape index (κ2) is 5.06. The number of rotatable bonds is 3. The van der Waals surface area contributed by atoms with E-state index in [4.69, 9.17) is 16.0 Å². The molecule has 0 amide bonds. The maximum Gasteiger partial charge on any atom is 0.134 e. The van der Waals surface area contributed by atoms with E-state index in [9.17, 15) is 0 Å². The highest BCUT2D eigenvalue weighted by molar-refractivity contribution is 6.22. The fraction of sp³-hybridized carbons (Fsp3) is 0.188. The summed E-state index contributed by atoms with van der Waals surface area (Å²) >= 11 is 6.61. The summed E-state index contributed by atoms with van der Waals surface area (Å²) in [6, 6.07) is 13.8. The van der Waals surface area contributed by atoms with Crippen molar-refractivity contribution in [1.29, 1.82) is 0 Å². The highest BCUT2D eigenvalue weighted by atomic mass is 35.5. The summed E-state index contributed by atoms with van der Waals surface area (Å²) in [6.45, 7) is 2.09. The fourth-order valence-corrected chi connectivity index (χ4v) is 2.57. The number of nitrogens with zero attached hydrogens (tertiary/aromatic N) is 1. The molecule has 0 saturated heterocycles. The van der Waals surface area contributed by atoms with Crippen LogP contribution in [-0.4, -0.2) is 4.98 Å². The van der Waals surface area contributed by atoms with E-state index in [1.807, 2.05) is 42.5 Å². The summed E-state index contributed by atoms with van der Waals surface area (Å²) in [7, 11) is 0. The van der Waals surface area contributed by atoms with Crippen LogP contribution >= 0.6 is 11.6 Å². The van der Waals surface area contributed by atoms with Gasteiger partial charge in [-0.25, -0.2) is 0 Å². The molecule has 0 aliphatic rings. The summed E-state index contributed by atoms with van der Waals surface area (Å²) in [6.07, 6.45) is 3.55. The lowest BCUT2D eigenvalue weighted by Crippen LogP contribution is -2.03. The zero-order valence-corrected chi connectivity index (χ0v) is 11.3. The van der Waals surface area contributed by atoms with Crippen LogP contribution in [0.5, 0.6) is 0 Å². The number of pyridine rings is 1. The van der Waals surface area contributed by atoms with E-state index >= 15 is 0 Å². The fourth-order valence-electron chi connectivity index (χ4n) is 2.28. The van der Waals surface area contributed by atoms with Crippen molar-refractivity contribution in [1.82, 2.24) is 4.98 Å². The van der Waals surface area contributed by atoms with Crippen LogP contribution in [0.15, 0.2) is 59.3 Å². The van der Waals surface area contributed by atoms with Crippen LogP contribution in [0.2, 0.25) is 0 Å². The van der Waals surface area contributed by atoms with Gasteiger partial charge in [-0.05, 0) is 18.2 Å². The molecule has 2 aromatic heterocycles. The van der Waals surface area contributed by atoms with Crippen molar-refractivity contribution in [3.63, 3.8) is 0 Å². The lowest BCUT2D eigenvalue weighted by molar-refractivity contribution is 0.602. The zero-order valence-electron chi connectivity index (χ0n) is 10.6. The first-order valence-electron chi connectivity index (χ1n) is 6.28. The zero-order chi connectivity index (χ0) is 13.2. The average Bonchev–Trinajstić information content (AvgIpc) is 2.90. The van der Waals surface area contributed by atoms with Crippen LogP contribution in [-0.2, 0) is 0 Å². The molecule has 2 heterocycles. The van der Waals surface area contributed by atoms with Crippen molar-refractivity contribution < 1.29 is 4.42 Å². The van der Waals surface area contributed by atoms with Gasteiger partial charge in [0.25, 0.3) is 0 Å². The number of benzene rings is 1.